The van der Waals surface area contributed by atoms with Gasteiger partial charge in [0.1, 0.15) is 6.07 Å². The van der Waals surface area contributed by atoms with Crippen LogP contribution in [0.5, 0.6) is 0 Å². The number of hydrogen-bond donors (Lipinski definition) is 1. The molecule has 0 fully saturated rings. The lowest BCUT2D eigenvalue weighted by atomic mass is 10.2. The van der Waals surface area contributed by atoms with Gasteiger partial charge in [0.2, 0.25) is 0 Å². The van der Waals surface area contributed by atoms with E-state index in [2.05, 4.69) is 22.1 Å². The molecule has 0 saturated carbocycles. The quantitative estimate of drug-likeness (QED) is 0.550. The monoisotopic (exact) mass is 185 g/mol. The summed E-state index contributed by atoms with van der Waals surface area (Å²) in [6, 6.07) is 3.75. The van der Waals surface area contributed by atoms with Gasteiger partial charge in [-0.3, -0.25) is 4.98 Å². The third-order valence-electron chi connectivity index (χ3n) is 1.56. The van der Waals surface area contributed by atoms with Gasteiger partial charge in [-0.1, -0.05) is 18.8 Å². The van der Waals surface area contributed by atoms with Crippen molar-refractivity contribution in [3.63, 3.8) is 0 Å². The van der Waals surface area contributed by atoms with Crippen molar-refractivity contribution < 1.29 is 0 Å². The Bertz CT molecular complexity index is 393. The highest BCUT2D eigenvalue weighted by molar-refractivity contribution is 5.38. The lowest BCUT2D eigenvalue weighted by Gasteiger charge is -1.91. The minimum Gasteiger partial charge on any atom is -0.306 e. The highest BCUT2D eigenvalue weighted by Crippen LogP contribution is 1.98. The molecule has 0 atom stereocenters. The molecule has 1 rings (SSSR count). The summed E-state index contributed by atoms with van der Waals surface area (Å²) in [6.45, 7) is 3.60. The molecule has 3 nitrogen and oxygen atoms in total. The first kappa shape index (κ1) is 10.2. The predicted octanol–water partition coefficient (Wildman–Crippen LogP) is 0.914. The molecule has 0 radical (unpaired) electrons. The minimum absolute atomic E-state index is 0.542. The van der Waals surface area contributed by atoms with Crippen molar-refractivity contribution in [2.24, 2.45) is 0 Å². The van der Waals surface area contributed by atoms with E-state index in [1.165, 1.54) is 6.20 Å². The summed E-state index contributed by atoms with van der Waals surface area (Å²) in [5.41, 5.74) is 1.32. The van der Waals surface area contributed by atoms with Gasteiger partial charge in [0.15, 0.2) is 0 Å². The van der Waals surface area contributed by atoms with E-state index in [9.17, 15) is 0 Å². The normalized spacial score (nSPS) is 8.57. The zero-order valence-corrected chi connectivity index (χ0v) is 8.04. The van der Waals surface area contributed by atoms with Crippen LogP contribution in [0.4, 0.5) is 0 Å². The number of pyridine rings is 1. The molecule has 0 aromatic carbocycles. The van der Waals surface area contributed by atoms with Crippen LogP contribution >= 0.6 is 0 Å². The van der Waals surface area contributed by atoms with Gasteiger partial charge in [-0.15, -0.1) is 0 Å². The van der Waals surface area contributed by atoms with Crippen LogP contribution in [0, 0.1) is 23.2 Å². The van der Waals surface area contributed by atoms with E-state index in [1.807, 2.05) is 13.0 Å². The van der Waals surface area contributed by atoms with Crippen molar-refractivity contribution in [3.05, 3.63) is 29.6 Å². The van der Waals surface area contributed by atoms with Crippen LogP contribution in [-0.4, -0.2) is 18.1 Å². The van der Waals surface area contributed by atoms with Crippen LogP contribution in [0.2, 0.25) is 0 Å². The molecule has 0 aliphatic rings. The molecular formula is C11H11N3. The Balaban J connectivity index is 2.66. The van der Waals surface area contributed by atoms with Gasteiger partial charge in [0.25, 0.3) is 0 Å². The molecule has 70 valence electrons. The molecule has 1 aromatic heterocycles. The third-order valence-corrected chi connectivity index (χ3v) is 1.56. The molecule has 0 bridgehead atoms. The fourth-order valence-corrected chi connectivity index (χ4v) is 0.903. The Morgan fingerprint density at radius 1 is 1.43 bits per heavy atom. The van der Waals surface area contributed by atoms with Gasteiger partial charge in [-0.25, -0.2) is 0 Å². The minimum atomic E-state index is 0.542. The third kappa shape index (κ3) is 3.26. The van der Waals surface area contributed by atoms with Gasteiger partial charge in [-0.2, -0.15) is 5.26 Å². The van der Waals surface area contributed by atoms with Crippen LogP contribution in [0.15, 0.2) is 18.5 Å². The molecule has 1 heterocycles. The Kier molecular flexibility index (Phi) is 4.20. The van der Waals surface area contributed by atoms with Crippen molar-refractivity contribution in [2.75, 3.05) is 13.1 Å². The fourth-order valence-electron chi connectivity index (χ4n) is 0.903. The standard InChI is InChI=1S/C11H11N3/c1-2-13-5-3-4-10-6-11(7-12)9-14-8-10/h6,8-9,13H,2,5H2,1H3. The van der Waals surface area contributed by atoms with Gasteiger partial charge < -0.3 is 5.32 Å². The average molecular weight is 185 g/mol. The summed E-state index contributed by atoms with van der Waals surface area (Å²) in [6.07, 6.45) is 3.18. The first-order chi connectivity index (χ1) is 6.86. The molecule has 1 aromatic rings. The predicted molar refractivity (Wildman–Crippen MR) is 54.4 cm³/mol. The number of rotatable bonds is 2. The zero-order chi connectivity index (χ0) is 10.2. The fraction of sp³-hybridized carbons (Fsp3) is 0.273. The molecular weight excluding hydrogens is 174 g/mol. The van der Waals surface area contributed by atoms with Crippen LogP contribution in [-0.2, 0) is 0 Å². The SMILES string of the molecule is CCNCC#Cc1cncc(C#N)c1. The summed E-state index contributed by atoms with van der Waals surface area (Å²) in [5.74, 6) is 5.87. The van der Waals surface area contributed by atoms with E-state index in [0.717, 1.165) is 12.1 Å². The van der Waals surface area contributed by atoms with E-state index in [-0.39, 0.29) is 0 Å². The Morgan fingerprint density at radius 3 is 2.93 bits per heavy atom. The number of nitrogens with one attached hydrogen (secondary N) is 1. The second-order valence-electron chi connectivity index (χ2n) is 2.66. The van der Waals surface area contributed by atoms with Crippen molar-refractivity contribution in [1.29, 1.82) is 5.26 Å². The number of hydrogen-bond acceptors (Lipinski definition) is 3. The Morgan fingerprint density at radius 2 is 2.21 bits per heavy atom. The molecule has 0 unspecified atom stereocenters. The van der Waals surface area contributed by atoms with Crippen molar-refractivity contribution in [3.8, 4) is 17.9 Å². The van der Waals surface area contributed by atoms with Crippen LogP contribution in [0.3, 0.4) is 0 Å². The van der Waals surface area contributed by atoms with Crippen LogP contribution in [0.25, 0.3) is 0 Å². The lowest BCUT2D eigenvalue weighted by molar-refractivity contribution is 0.811. The largest absolute Gasteiger partial charge is 0.306 e. The molecule has 0 saturated heterocycles. The van der Waals surface area contributed by atoms with Gasteiger partial charge >= 0.3 is 0 Å². The molecule has 0 amide bonds. The van der Waals surface area contributed by atoms with Crippen molar-refractivity contribution >= 4 is 0 Å². The number of nitriles is 1. The summed E-state index contributed by atoms with van der Waals surface area (Å²) in [5, 5.41) is 11.7. The molecule has 0 spiro atoms. The maximum absolute atomic E-state index is 8.62. The first-order valence-electron chi connectivity index (χ1n) is 4.41. The van der Waals surface area contributed by atoms with Crippen molar-refractivity contribution in [1.82, 2.24) is 10.3 Å². The molecule has 14 heavy (non-hydrogen) atoms. The van der Waals surface area contributed by atoms with E-state index < -0.39 is 0 Å². The summed E-state index contributed by atoms with van der Waals surface area (Å²) >= 11 is 0. The topological polar surface area (TPSA) is 48.7 Å². The summed E-state index contributed by atoms with van der Waals surface area (Å²) < 4.78 is 0. The van der Waals surface area contributed by atoms with Crippen molar-refractivity contribution in [2.45, 2.75) is 6.92 Å². The molecule has 0 aliphatic carbocycles. The first-order valence-corrected chi connectivity index (χ1v) is 4.41. The molecule has 3 heteroatoms. The Hall–Kier alpha value is -1.84. The second-order valence-corrected chi connectivity index (χ2v) is 2.66. The van der Waals surface area contributed by atoms with E-state index in [0.29, 0.717) is 12.1 Å². The lowest BCUT2D eigenvalue weighted by Crippen LogP contribution is -2.11. The van der Waals surface area contributed by atoms with Crippen LogP contribution in [0.1, 0.15) is 18.1 Å². The van der Waals surface area contributed by atoms with Gasteiger partial charge in [0.05, 0.1) is 12.1 Å². The van der Waals surface area contributed by atoms with Gasteiger partial charge in [0, 0.05) is 18.0 Å². The number of aromatic nitrogens is 1. The van der Waals surface area contributed by atoms with Crippen LogP contribution < -0.4 is 5.32 Å². The Labute approximate surface area is 83.8 Å². The summed E-state index contributed by atoms with van der Waals surface area (Å²) in [7, 11) is 0. The van der Waals surface area contributed by atoms with E-state index >= 15 is 0 Å². The maximum Gasteiger partial charge on any atom is 0.101 e. The van der Waals surface area contributed by atoms with Gasteiger partial charge in [-0.05, 0) is 12.6 Å². The second kappa shape index (κ2) is 5.75. The molecule has 1 N–H and O–H groups in total. The molecule has 0 aliphatic heterocycles. The summed E-state index contributed by atoms with van der Waals surface area (Å²) in [4.78, 5) is 3.91. The highest BCUT2D eigenvalue weighted by atomic mass is 14.8. The smallest absolute Gasteiger partial charge is 0.101 e. The highest BCUT2D eigenvalue weighted by Gasteiger charge is 1.90. The van der Waals surface area contributed by atoms with E-state index in [4.69, 9.17) is 5.26 Å². The zero-order valence-electron chi connectivity index (χ0n) is 8.04. The van der Waals surface area contributed by atoms with E-state index in [1.54, 1.807) is 12.3 Å². The maximum atomic E-state index is 8.62. The number of nitrogens with zero attached hydrogens (tertiary/aromatic N) is 2. The average Bonchev–Trinajstić information content (AvgIpc) is 2.25.